The Morgan fingerprint density at radius 2 is 1.94 bits per heavy atom. The number of halogens is 1. The average Bonchev–Trinajstić information content (AvgIpc) is 3.36. The number of nitrogens with one attached hydrogen (secondary N) is 1. The van der Waals surface area contributed by atoms with Crippen molar-refractivity contribution in [3.63, 3.8) is 0 Å². The van der Waals surface area contributed by atoms with Crippen molar-refractivity contribution in [1.29, 1.82) is 0 Å². The first kappa shape index (κ1) is 21.5. The predicted octanol–water partition coefficient (Wildman–Crippen LogP) is 4.26. The zero-order valence-corrected chi connectivity index (χ0v) is 18.0. The maximum absolute atomic E-state index is 13.4. The number of carbonyl (C=O) groups excluding carboxylic acids is 3. The van der Waals surface area contributed by atoms with Crippen LogP contribution in [0.3, 0.4) is 0 Å². The van der Waals surface area contributed by atoms with Crippen molar-refractivity contribution < 1.29 is 23.5 Å². The molecule has 0 spiro atoms. The van der Waals surface area contributed by atoms with E-state index in [1.54, 1.807) is 30.3 Å². The van der Waals surface area contributed by atoms with Gasteiger partial charge in [-0.15, -0.1) is 11.3 Å². The van der Waals surface area contributed by atoms with Crippen LogP contribution in [0.2, 0.25) is 0 Å². The third-order valence-electron chi connectivity index (χ3n) is 5.02. The molecule has 7 nitrogen and oxygen atoms in total. The minimum absolute atomic E-state index is 0.195. The molecule has 1 N–H and O–H groups in total. The number of rotatable bonds is 7. The Kier molecular flexibility index (Phi) is 6.18. The molecule has 0 bridgehead atoms. The first-order valence-electron chi connectivity index (χ1n) is 9.82. The third-order valence-corrected chi connectivity index (χ3v) is 5.88. The van der Waals surface area contributed by atoms with Crippen molar-refractivity contribution >= 4 is 40.6 Å². The summed E-state index contributed by atoms with van der Waals surface area (Å²) in [5.41, 5.74) is 0.643. The van der Waals surface area contributed by atoms with E-state index < -0.39 is 29.7 Å². The van der Waals surface area contributed by atoms with Gasteiger partial charge in [0.2, 0.25) is 5.91 Å². The molecule has 0 radical (unpaired) electrons. The molecule has 9 heteroatoms. The van der Waals surface area contributed by atoms with Gasteiger partial charge < -0.3 is 15.0 Å². The van der Waals surface area contributed by atoms with E-state index in [4.69, 9.17) is 4.74 Å². The number of methoxy groups -OCH3 is 1. The highest BCUT2D eigenvalue weighted by molar-refractivity contribution is 7.09. The highest BCUT2D eigenvalue weighted by Crippen LogP contribution is 2.31. The van der Waals surface area contributed by atoms with Gasteiger partial charge in [0.1, 0.15) is 17.6 Å². The van der Waals surface area contributed by atoms with Gasteiger partial charge >= 0.3 is 6.03 Å². The predicted molar refractivity (Wildman–Crippen MR) is 119 cm³/mol. The van der Waals surface area contributed by atoms with Crippen LogP contribution in [0.4, 0.5) is 20.6 Å². The van der Waals surface area contributed by atoms with E-state index in [1.165, 1.54) is 41.5 Å². The Labute approximate surface area is 188 Å². The third kappa shape index (κ3) is 4.47. The molecule has 32 heavy (non-hydrogen) atoms. The quantitative estimate of drug-likeness (QED) is 0.542. The number of nitrogens with zero attached hydrogens (tertiary/aromatic N) is 2. The maximum atomic E-state index is 13.4. The van der Waals surface area contributed by atoms with Gasteiger partial charge in [0, 0.05) is 16.6 Å². The summed E-state index contributed by atoms with van der Waals surface area (Å²) in [6.45, 7) is 0.195. The molecular weight excluding hydrogens is 433 g/mol. The van der Waals surface area contributed by atoms with Crippen LogP contribution >= 0.6 is 11.3 Å². The van der Waals surface area contributed by atoms with E-state index in [9.17, 15) is 18.8 Å². The zero-order chi connectivity index (χ0) is 22.7. The Morgan fingerprint density at radius 3 is 2.66 bits per heavy atom. The van der Waals surface area contributed by atoms with Crippen molar-refractivity contribution in [3.8, 4) is 5.75 Å². The van der Waals surface area contributed by atoms with Crippen molar-refractivity contribution in [2.24, 2.45) is 0 Å². The van der Waals surface area contributed by atoms with Crippen LogP contribution in [0.25, 0.3) is 0 Å². The Balaban J connectivity index is 1.60. The lowest BCUT2D eigenvalue weighted by Crippen LogP contribution is -2.37. The Bertz CT molecular complexity index is 1150. The lowest BCUT2D eigenvalue weighted by Gasteiger charge is -2.21. The maximum Gasteiger partial charge on any atom is 0.332 e. The molecule has 1 unspecified atom stereocenters. The van der Waals surface area contributed by atoms with E-state index >= 15 is 0 Å². The van der Waals surface area contributed by atoms with E-state index in [0.29, 0.717) is 11.4 Å². The number of hydrogen-bond donors (Lipinski definition) is 1. The number of carbonyl (C=O) groups is 3. The number of hydrogen-bond acceptors (Lipinski definition) is 5. The van der Waals surface area contributed by atoms with Gasteiger partial charge in [-0.2, -0.15) is 0 Å². The van der Waals surface area contributed by atoms with Crippen molar-refractivity contribution in [1.82, 2.24) is 4.90 Å². The van der Waals surface area contributed by atoms with Gasteiger partial charge in [-0.05, 0) is 41.8 Å². The molecular formula is C23H20FN3O4S. The van der Waals surface area contributed by atoms with Gasteiger partial charge in [0.25, 0.3) is 5.91 Å². The monoisotopic (exact) mass is 453 g/mol. The van der Waals surface area contributed by atoms with E-state index in [1.807, 2.05) is 17.5 Å². The first-order valence-corrected chi connectivity index (χ1v) is 10.7. The summed E-state index contributed by atoms with van der Waals surface area (Å²) in [4.78, 5) is 42.5. The minimum atomic E-state index is -0.996. The molecule has 4 amide bonds. The van der Waals surface area contributed by atoms with Crippen molar-refractivity contribution in [2.45, 2.75) is 19.0 Å². The second kappa shape index (κ2) is 9.19. The lowest BCUT2D eigenvalue weighted by molar-refractivity contribution is -0.124. The SMILES string of the molecule is COc1cccc(N2C(=O)C(CC(=O)Nc3cccc(F)c3)N(Cc3cccs3)C2=O)c1. The van der Waals surface area contributed by atoms with E-state index in [-0.39, 0.29) is 18.7 Å². The minimum Gasteiger partial charge on any atom is -0.497 e. The number of imide groups is 1. The second-order valence-electron chi connectivity index (χ2n) is 7.14. The van der Waals surface area contributed by atoms with Crippen molar-refractivity contribution in [3.05, 3.63) is 76.7 Å². The van der Waals surface area contributed by atoms with Gasteiger partial charge in [0.15, 0.2) is 0 Å². The molecule has 0 saturated carbocycles. The molecule has 2 heterocycles. The smallest absolute Gasteiger partial charge is 0.332 e. The van der Waals surface area contributed by atoms with Crippen LogP contribution < -0.4 is 15.0 Å². The summed E-state index contributed by atoms with van der Waals surface area (Å²) in [5.74, 6) is -0.988. The van der Waals surface area contributed by atoms with Gasteiger partial charge in [-0.1, -0.05) is 18.2 Å². The second-order valence-corrected chi connectivity index (χ2v) is 8.18. The number of urea groups is 1. The largest absolute Gasteiger partial charge is 0.497 e. The molecule has 3 aromatic rings. The van der Waals surface area contributed by atoms with Crippen LogP contribution in [0, 0.1) is 5.82 Å². The molecule has 1 aromatic heterocycles. The standard InChI is InChI=1S/C23H20FN3O4S/c1-31-18-8-3-7-17(12-18)27-22(29)20(26(23(27)30)14-19-9-4-10-32-19)13-21(28)25-16-6-2-5-15(24)11-16/h2-12,20H,13-14H2,1H3,(H,25,28). The van der Waals surface area contributed by atoms with Crippen LogP contribution in [-0.4, -0.2) is 35.9 Å². The first-order chi connectivity index (χ1) is 15.5. The molecule has 164 valence electrons. The highest BCUT2D eigenvalue weighted by atomic mass is 32.1. The van der Waals surface area contributed by atoms with Gasteiger partial charge in [-0.25, -0.2) is 14.1 Å². The molecule has 2 aromatic carbocycles. The zero-order valence-electron chi connectivity index (χ0n) is 17.2. The molecule has 0 aliphatic carbocycles. The summed E-state index contributed by atoms with van der Waals surface area (Å²) >= 11 is 1.46. The summed E-state index contributed by atoms with van der Waals surface area (Å²) in [6, 6.07) is 14.3. The molecule has 1 fully saturated rings. The highest BCUT2D eigenvalue weighted by Gasteiger charge is 2.46. The Hall–Kier alpha value is -3.72. The van der Waals surface area contributed by atoms with Crippen LogP contribution in [0.15, 0.2) is 66.0 Å². The lowest BCUT2D eigenvalue weighted by atomic mass is 10.1. The number of benzene rings is 2. The van der Waals surface area contributed by atoms with E-state index in [2.05, 4.69) is 5.32 Å². The van der Waals surface area contributed by atoms with Crippen molar-refractivity contribution in [2.75, 3.05) is 17.3 Å². The number of thiophene rings is 1. The van der Waals surface area contributed by atoms with Gasteiger partial charge in [-0.3, -0.25) is 9.59 Å². The fraction of sp³-hybridized carbons (Fsp3) is 0.174. The summed E-state index contributed by atoms with van der Waals surface area (Å²) in [5, 5.41) is 4.47. The summed E-state index contributed by atoms with van der Waals surface area (Å²) in [6.07, 6.45) is -0.257. The van der Waals surface area contributed by atoms with E-state index in [0.717, 1.165) is 9.78 Å². The van der Waals surface area contributed by atoms with Crippen LogP contribution in [0.5, 0.6) is 5.75 Å². The van der Waals surface area contributed by atoms with Crippen LogP contribution in [-0.2, 0) is 16.1 Å². The normalized spacial score (nSPS) is 15.9. The molecule has 1 saturated heterocycles. The molecule has 4 rings (SSSR count). The number of anilines is 2. The van der Waals surface area contributed by atoms with Crippen LogP contribution in [0.1, 0.15) is 11.3 Å². The average molecular weight is 453 g/mol. The Morgan fingerprint density at radius 1 is 1.12 bits per heavy atom. The molecule has 1 aliphatic heterocycles. The topological polar surface area (TPSA) is 79.0 Å². The number of ether oxygens (including phenoxy) is 1. The summed E-state index contributed by atoms with van der Waals surface area (Å²) < 4.78 is 18.6. The number of amides is 4. The fourth-order valence-corrected chi connectivity index (χ4v) is 4.23. The fourth-order valence-electron chi connectivity index (χ4n) is 3.53. The van der Waals surface area contributed by atoms with Gasteiger partial charge in [0.05, 0.1) is 25.8 Å². The molecule has 1 atom stereocenters. The summed E-state index contributed by atoms with van der Waals surface area (Å²) in [7, 11) is 1.50. The molecule has 1 aliphatic rings.